The minimum absolute atomic E-state index is 0.0424. The second-order valence-corrected chi connectivity index (χ2v) is 9.36. The van der Waals surface area contributed by atoms with Crippen LogP contribution in [0.1, 0.15) is 34.3 Å². The predicted octanol–water partition coefficient (Wildman–Crippen LogP) is 6.92. The zero-order valence-corrected chi connectivity index (χ0v) is 20.9. The summed E-state index contributed by atoms with van der Waals surface area (Å²) in [6, 6.07) is 9.98. The van der Waals surface area contributed by atoms with Crippen LogP contribution >= 0.6 is 11.6 Å². The van der Waals surface area contributed by atoms with Gasteiger partial charge in [-0.05, 0) is 67.4 Å². The van der Waals surface area contributed by atoms with Gasteiger partial charge in [0, 0.05) is 35.6 Å². The van der Waals surface area contributed by atoms with Gasteiger partial charge < -0.3 is 15.5 Å². The normalized spacial score (nSPS) is 13.5. The highest BCUT2D eigenvalue weighted by Gasteiger charge is 2.33. The summed E-state index contributed by atoms with van der Waals surface area (Å²) in [6.07, 6.45) is -0.882. The van der Waals surface area contributed by atoms with Crippen molar-refractivity contribution < 1.29 is 27.2 Å². The number of fused-ring (bicyclic) bond motifs is 1. The number of aromatic nitrogens is 2. The van der Waals surface area contributed by atoms with Gasteiger partial charge in [0.25, 0.3) is 0 Å². The first kappa shape index (κ1) is 26.4. The Balaban J connectivity index is 1.35. The van der Waals surface area contributed by atoms with Crippen LogP contribution in [0.25, 0.3) is 11.0 Å². The van der Waals surface area contributed by atoms with Crippen molar-refractivity contribution >= 4 is 51.6 Å². The molecule has 1 aromatic heterocycles. The molecule has 200 valence electrons. The van der Waals surface area contributed by atoms with Gasteiger partial charge in [0.15, 0.2) is 5.78 Å². The zero-order valence-electron chi connectivity index (χ0n) is 20.1. The molecule has 0 atom stereocenters. The standard InChI is InChI=1S/C27H20ClF4N5O2/c28-21-5-4-18(13-20(21)27(30,31)32)34-26(39)35-19-10-16(9-17(29)12-19)25(38)15-3-6-22-23(11-15)36-24(14-33-22)37-7-1-2-8-37/h3-6,9-14H,1-2,7-8H2,(H2,34,35,39). The average Bonchev–Trinajstić information content (AvgIpc) is 3.43. The predicted molar refractivity (Wildman–Crippen MR) is 140 cm³/mol. The van der Waals surface area contributed by atoms with Gasteiger partial charge in [0.1, 0.15) is 11.6 Å². The number of benzene rings is 3. The highest BCUT2D eigenvalue weighted by molar-refractivity contribution is 6.31. The van der Waals surface area contributed by atoms with Crippen molar-refractivity contribution in [2.24, 2.45) is 0 Å². The fraction of sp³-hybridized carbons (Fsp3) is 0.185. The highest BCUT2D eigenvalue weighted by Crippen LogP contribution is 2.36. The van der Waals surface area contributed by atoms with Crippen LogP contribution in [0.3, 0.4) is 0 Å². The molecule has 1 aliphatic rings. The molecule has 0 radical (unpaired) electrons. The summed E-state index contributed by atoms with van der Waals surface area (Å²) in [4.78, 5) is 36.8. The molecule has 0 unspecified atom stereocenters. The number of carbonyl (C=O) groups is 2. The molecular formula is C27H20ClF4N5O2. The van der Waals surface area contributed by atoms with Crippen LogP contribution in [0.5, 0.6) is 0 Å². The lowest BCUT2D eigenvalue weighted by Crippen LogP contribution is -2.20. The van der Waals surface area contributed by atoms with Crippen molar-refractivity contribution in [2.45, 2.75) is 19.0 Å². The maximum atomic E-state index is 14.4. The van der Waals surface area contributed by atoms with Crippen LogP contribution in [-0.4, -0.2) is 34.9 Å². The molecule has 1 saturated heterocycles. The van der Waals surface area contributed by atoms with E-state index in [-0.39, 0.29) is 22.5 Å². The first-order valence-electron chi connectivity index (χ1n) is 11.9. The van der Waals surface area contributed by atoms with E-state index in [2.05, 4.69) is 25.5 Å². The van der Waals surface area contributed by atoms with E-state index >= 15 is 0 Å². The van der Waals surface area contributed by atoms with Gasteiger partial charge >= 0.3 is 12.2 Å². The minimum Gasteiger partial charge on any atom is -0.355 e. The van der Waals surface area contributed by atoms with Crippen molar-refractivity contribution in [1.82, 2.24) is 9.97 Å². The van der Waals surface area contributed by atoms with Crippen molar-refractivity contribution in [3.63, 3.8) is 0 Å². The number of urea groups is 1. The molecule has 1 aliphatic heterocycles. The summed E-state index contributed by atoms with van der Waals surface area (Å²) in [7, 11) is 0. The lowest BCUT2D eigenvalue weighted by Gasteiger charge is -2.16. The molecule has 4 aromatic rings. The number of alkyl halides is 3. The molecule has 2 N–H and O–H groups in total. The quantitative estimate of drug-likeness (QED) is 0.205. The lowest BCUT2D eigenvalue weighted by molar-refractivity contribution is -0.137. The SMILES string of the molecule is O=C(Nc1cc(F)cc(C(=O)c2ccc3ncc(N4CCCC4)nc3c2)c1)Nc1ccc(Cl)c(C(F)(F)F)c1. The van der Waals surface area contributed by atoms with Gasteiger partial charge in [-0.1, -0.05) is 11.6 Å². The number of carbonyl (C=O) groups excluding carboxylic acids is 2. The molecule has 5 rings (SSSR count). The molecule has 0 spiro atoms. The maximum Gasteiger partial charge on any atom is 0.417 e. The van der Waals surface area contributed by atoms with Gasteiger partial charge in [-0.15, -0.1) is 0 Å². The number of ketones is 1. The number of nitrogens with zero attached hydrogens (tertiary/aromatic N) is 3. The van der Waals surface area contributed by atoms with Crippen LogP contribution < -0.4 is 15.5 Å². The third-order valence-electron chi connectivity index (χ3n) is 6.17. The number of hydrogen-bond acceptors (Lipinski definition) is 5. The Morgan fingerprint density at radius 2 is 1.62 bits per heavy atom. The van der Waals surface area contributed by atoms with E-state index in [0.717, 1.165) is 49.9 Å². The van der Waals surface area contributed by atoms with E-state index in [0.29, 0.717) is 17.1 Å². The fourth-order valence-corrected chi connectivity index (χ4v) is 4.54. The summed E-state index contributed by atoms with van der Waals surface area (Å²) < 4.78 is 53.7. The molecule has 3 aromatic carbocycles. The van der Waals surface area contributed by atoms with Crippen molar-refractivity contribution in [3.8, 4) is 0 Å². The van der Waals surface area contributed by atoms with E-state index in [4.69, 9.17) is 11.6 Å². The molecule has 7 nitrogen and oxygen atoms in total. The Hall–Kier alpha value is -4.25. The molecule has 1 fully saturated rings. The van der Waals surface area contributed by atoms with Crippen LogP contribution in [0, 0.1) is 5.82 Å². The molecule has 0 aliphatic carbocycles. The van der Waals surface area contributed by atoms with Gasteiger partial charge in [-0.2, -0.15) is 13.2 Å². The Kier molecular flexibility index (Phi) is 7.09. The molecule has 2 amide bonds. The van der Waals surface area contributed by atoms with Crippen LogP contribution in [0.15, 0.2) is 60.8 Å². The molecule has 39 heavy (non-hydrogen) atoms. The van der Waals surface area contributed by atoms with E-state index in [9.17, 15) is 27.2 Å². The van der Waals surface area contributed by atoms with E-state index in [1.54, 1.807) is 24.4 Å². The van der Waals surface area contributed by atoms with Gasteiger partial charge in [0.2, 0.25) is 0 Å². The molecular weight excluding hydrogens is 538 g/mol. The topological polar surface area (TPSA) is 87.2 Å². The Labute approximate surface area is 224 Å². The van der Waals surface area contributed by atoms with E-state index < -0.39 is 34.4 Å². The number of rotatable bonds is 5. The second kappa shape index (κ2) is 10.5. The van der Waals surface area contributed by atoms with Gasteiger partial charge in [-0.25, -0.2) is 14.2 Å². The Morgan fingerprint density at radius 1 is 0.872 bits per heavy atom. The monoisotopic (exact) mass is 557 g/mol. The smallest absolute Gasteiger partial charge is 0.355 e. The summed E-state index contributed by atoms with van der Waals surface area (Å²) in [6.45, 7) is 1.76. The molecule has 0 saturated carbocycles. The van der Waals surface area contributed by atoms with Crippen LogP contribution in [0.4, 0.5) is 39.5 Å². The average molecular weight is 558 g/mol. The fourth-order valence-electron chi connectivity index (χ4n) is 4.31. The maximum absolute atomic E-state index is 14.4. The van der Waals surface area contributed by atoms with Crippen LogP contribution in [-0.2, 0) is 6.18 Å². The summed E-state index contributed by atoms with van der Waals surface area (Å²) in [5, 5.41) is 4.06. The Bertz CT molecular complexity index is 1590. The zero-order chi connectivity index (χ0) is 27.7. The summed E-state index contributed by atoms with van der Waals surface area (Å²) in [5.74, 6) is -0.587. The number of nitrogens with one attached hydrogen (secondary N) is 2. The Morgan fingerprint density at radius 3 is 2.36 bits per heavy atom. The highest BCUT2D eigenvalue weighted by atomic mass is 35.5. The molecule has 2 heterocycles. The third kappa shape index (κ3) is 5.93. The van der Waals surface area contributed by atoms with Gasteiger partial charge in [0.05, 0.1) is 27.8 Å². The number of amides is 2. The minimum atomic E-state index is -4.72. The van der Waals surface area contributed by atoms with Gasteiger partial charge in [-0.3, -0.25) is 9.78 Å². The first-order chi connectivity index (χ1) is 18.6. The van der Waals surface area contributed by atoms with E-state index in [1.165, 1.54) is 12.1 Å². The molecule has 12 heteroatoms. The van der Waals surface area contributed by atoms with Crippen LogP contribution in [0.2, 0.25) is 5.02 Å². The summed E-state index contributed by atoms with van der Waals surface area (Å²) in [5.41, 5.74) is -0.0471. The number of hydrogen-bond donors (Lipinski definition) is 2. The second-order valence-electron chi connectivity index (χ2n) is 8.96. The van der Waals surface area contributed by atoms with E-state index in [1.807, 2.05) is 0 Å². The lowest BCUT2D eigenvalue weighted by atomic mass is 10.0. The number of halogens is 5. The number of anilines is 3. The van der Waals surface area contributed by atoms with Crippen molar-refractivity contribution in [1.29, 1.82) is 0 Å². The largest absolute Gasteiger partial charge is 0.417 e. The third-order valence-corrected chi connectivity index (χ3v) is 6.50. The summed E-state index contributed by atoms with van der Waals surface area (Å²) >= 11 is 5.60. The van der Waals surface area contributed by atoms with Crippen molar-refractivity contribution in [3.05, 3.63) is 88.3 Å². The molecule has 0 bridgehead atoms. The van der Waals surface area contributed by atoms with Crippen molar-refractivity contribution in [2.75, 3.05) is 28.6 Å². The first-order valence-corrected chi connectivity index (χ1v) is 12.3.